The van der Waals surface area contributed by atoms with Crippen LogP contribution in [-0.4, -0.2) is 18.0 Å². The molecule has 2 aromatic rings. The minimum Gasteiger partial charge on any atom is -0.481 e. The molecule has 0 spiro atoms. The summed E-state index contributed by atoms with van der Waals surface area (Å²) in [4.78, 5) is 16.2. The van der Waals surface area contributed by atoms with Crippen LogP contribution in [0.4, 0.5) is 5.69 Å². The first-order valence-corrected chi connectivity index (χ1v) is 6.54. The molecule has 0 fully saturated rings. The molecule has 2 rings (SSSR count). The van der Waals surface area contributed by atoms with Gasteiger partial charge >= 0.3 is 0 Å². The topological polar surface area (TPSA) is 51.2 Å². The highest BCUT2D eigenvalue weighted by Gasteiger charge is 2.13. The first-order chi connectivity index (χ1) is 9.69. The summed E-state index contributed by atoms with van der Waals surface area (Å²) in [6.45, 7) is 1.92. The summed E-state index contributed by atoms with van der Waals surface area (Å²) in [7, 11) is 1.56. The van der Waals surface area contributed by atoms with E-state index < -0.39 is 0 Å². The number of rotatable bonds is 5. The van der Waals surface area contributed by atoms with Crippen LogP contribution in [0.25, 0.3) is 0 Å². The number of aromatic nitrogens is 1. The summed E-state index contributed by atoms with van der Waals surface area (Å²) >= 11 is 0. The molecule has 0 aliphatic heterocycles. The van der Waals surface area contributed by atoms with Gasteiger partial charge < -0.3 is 10.1 Å². The largest absolute Gasteiger partial charge is 0.481 e. The normalized spacial score (nSPS) is 11.7. The van der Waals surface area contributed by atoms with Gasteiger partial charge in [0, 0.05) is 12.0 Å². The second kappa shape index (κ2) is 6.70. The van der Waals surface area contributed by atoms with Crippen LogP contribution in [0.1, 0.15) is 12.5 Å². The molecule has 1 amide bonds. The van der Waals surface area contributed by atoms with Gasteiger partial charge in [0.15, 0.2) is 0 Å². The predicted octanol–water partition coefficient (Wildman–Crippen LogP) is 2.91. The molecule has 1 aromatic carbocycles. The zero-order valence-electron chi connectivity index (χ0n) is 11.7. The number of benzene rings is 1. The Balaban J connectivity index is 1.93. The number of ether oxygens (including phenoxy) is 1. The zero-order chi connectivity index (χ0) is 14.4. The van der Waals surface area contributed by atoms with Crippen molar-refractivity contribution in [2.24, 2.45) is 5.92 Å². The molecule has 1 aromatic heterocycles. The molecule has 0 aliphatic rings. The van der Waals surface area contributed by atoms with E-state index in [2.05, 4.69) is 10.3 Å². The predicted molar refractivity (Wildman–Crippen MR) is 78.7 cm³/mol. The molecule has 0 bridgehead atoms. The van der Waals surface area contributed by atoms with Gasteiger partial charge in [-0.2, -0.15) is 0 Å². The number of pyridine rings is 1. The Morgan fingerprint density at radius 3 is 2.60 bits per heavy atom. The second-order valence-electron chi connectivity index (χ2n) is 4.67. The minimum atomic E-state index is -0.0977. The molecular weight excluding hydrogens is 252 g/mol. The van der Waals surface area contributed by atoms with Crippen molar-refractivity contribution < 1.29 is 9.53 Å². The average molecular weight is 270 g/mol. The second-order valence-corrected chi connectivity index (χ2v) is 4.67. The van der Waals surface area contributed by atoms with Crippen LogP contribution in [0.2, 0.25) is 0 Å². The number of hydrogen-bond acceptors (Lipinski definition) is 3. The molecule has 0 saturated carbocycles. The molecule has 1 N–H and O–H groups in total. The summed E-state index contributed by atoms with van der Waals surface area (Å²) in [5.74, 6) is 0.417. The number of hydrogen-bond donors (Lipinski definition) is 1. The van der Waals surface area contributed by atoms with Gasteiger partial charge in [-0.05, 0) is 18.1 Å². The van der Waals surface area contributed by atoms with Gasteiger partial charge in [0.1, 0.15) is 0 Å². The molecule has 0 saturated heterocycles. The Morgan fingerprint density at radius 1 is 1.25 bits per heavy atom. The third-order valence-corrected chi connectivity index (χ3v) is 3.05. The minimum absolute atomic E-state index is 0.0131. The lowest BCUT2D eigenvalue weighted by Gasteiger charge is -2.12. The summed E-state index contributed by atoms with van der Waals surface area (Å²) < 4.78 is 4.98. The Kier molecular flexibility index (Phi) is 4.71. The lowest BCUT2D eigenvalue weighted by Crippen LogP contribution is -2.22. The number of carbonyl (C=O) groups excluding carboxylic acids is 1. The Hall–Kier alpha value is -2.36. The fourth-order valence-electron chi connectivity index (χ4n) is 1.90. The fraction of sp³-hybridized carbons (Fsp3) is 0.250. The molecule has 4 heteroatoms. The van der Waals surface area contributed by atoms with Crippen LogP contribution in [0.15, 0.2) is 48.7 Å². The SMILES string of the molecule is COc1ccc(NC(=O)C(C)Cc2ccccc2)cn1. The molecule has 104 valence electrons. The Morgan fingerprint density at radius 2 is 2.00 bits per heavy atom. The highest BCUT2D eigenvalue weighted by atomic mass is 16.5. The lowest BCUT2D eigenvalue weighted by atomic mass is 10.0. The summed E-state index contributed by atoms with van der Waals surface area (Å²) in [5, 5.41) is 2.86. The number of nitrogens with one attached hydrogen (secondary N) is 1. The molecular formula is C16H18N2O2. The zero-order valence-corrected chi connectivity index (χ0v) is 11.7. The lowest BCUT2D eigenvalue weighted by molar-refractivity contribution is -0.119. The van der Waals surface area contributed by atoms with Gasteiger partial charge in [-0.25, -0.2) is 4.98 Å². The van der Waals surface area contributed by atoms with Crippen LogP contribution < -0.4 is 10.1 Å². The van der Waals surface area contributed by atoms with Crippen LogP contribution in [0.3, 0.4) is 0 Å². The van der Waals surface area contributed by atoms with Gasteiger partial charge in [-0.15, -0.1) is 0 Å². The monoisotopic (exact) mass is 270 g/mol. The number of methoxy groups -OCH3 is 1. The van der Waals surface area contributed by atoms with E-state index >= 15 is 0 Å². The standard InChI is InChI=1S/C16H18N2O2/c1-12(10-13-6-4-3-5-7-13)16(19)18-14-8-9-15(20-2)17-11-14/h3-9,11-12H,10H2,1-2H3,(H,18,19). The number of nitrogens with zero attached hydrogens (tertiary/aromatic N) is 1. The third-order valence-electron chi connectivity index (χ3n) is 3.05. The molecule has 0 radical (unpaired) electrons. The van der Waals surface area contributed by atoms with E-state index in [1.165, 1.54) is 0 Å². The van der Waals surface area contributed by atoms with Gasteiger partial charge in [0.25, 0.3) is 0 Å². The summed E-state index contributed by atoms with van der Waals surface area (Å²) in [6.07, 6.45) is 2.31. The Bertz CT molecular complexity index is 552. The van der Waals surface area contributed by atoms with Gasteiger partial charge in [0.05, 0.1) is 19.0 Å². The van der Waals surface area contributed by atoms with Crippen molar-refractivity contribution in [1.82, 2.24) is 4.98 Å². The van der Waals surface area contributed by atoms with Gasteiger partial charge in [-0.3, -0.25) is 4.79 Å². The smallest absolute Gasteiger partial charge is 0.227 e. The van der Waals surface area contributed by atoms with E-state index in [1.54, 1.807) is 25.4 Å². The van der Waals surface area contributed by atoms with Crippen LogP contribution in [0.5, 0.6) is 5.88 Å². The maximum absolute atomic E-state index is 12.1. The molecule has 20 heavy (non-hydrogen) atoms. The van der Waals surface area contributed by atoms with Crippen LogP contribution in [-0.2, 0) is 11.2 Å². The Labute approximate surface area is 118 Å². The maximum Gasteiger partial charge on any atom is 0.227 e. The van der Waals surface area contributed by atoms with E-state index in [-0.39, 0.29) is 11.8 Å². The fourth-order valence-corrected chi connectivity index (χ4v) is 1.90. The van der Waals surface area contributed by atoms with Crippen LogP contribution >= 0.6 is 0 Å². The number of carbonyl (C=O) groups is 1. The molecule has 1 atom stereocenters. The highest BCUT2D eigenvalue weighted by Crippen LogP contribution is 2.14. The summed E-state index contributed by atoms with van der Waals surface area (Å²) in [5.41, 5.74) is 1.83. The first-order valence-electron chi connectivity index (χ1n) is 6.54. The third kappa shape index (κ3) is 3.82. The van der Waals surface area contributed by atoms with E-state index in [4.69, 9.17) is 4.74 Å². The highest BCUT2D eigenvalue weighted by molar-refractivity contribution is 5.92. The maximum atomic E-state index is 12.1. The van der Waals surface area contributed by atoms with E-state index in [0.29, 0.717) is 11.6 Å². The van der Waals surface area contributed by atoms with Crippen molar-refractivity contribution in [2.45, 2.75) is 13.3 Å². The van der Waals surface area contributed by atoms with Gasteiger partial charge in [0.2, 0.25) is 11.8 Å². The quantitative estimate of drug-likeness (QED) is 0.908. The van der Waals surface area contributed by atoms with E-state index in [9.17, 15) is 4.79 Å². The number of anilines is 1. The van der Waals surface area contributed by atoms with Crippen molar-refractivity contribution in [2.75, 3.05) is 12.4 Å². The molecule has 0 aliphatic carbocycles. The van der Waals surface area contributed by atoms with Crippen molar-refractivity contribution in [3.63, 3.8) is 0 Å². The van der Waals surface area contributed by atoms with Crippen molar-refractivity contribution in [3.05, 3.63) is 54.2 Å². The van der Waals surface area contributed by atoms with Gasteiger partial charge in [-0.1, -0.05) is 37.3 Å². The molecule has 1 heterocycles. The number of amides is 1. The average Bonchev–Trinajstić information content (AvgIpc) is 2.49. The van der Waals surface area contributed by atoms with Crippen LogP contribution in [0, 0.1) is 5.92 Å². The van der Waals surface area contributed by atoms with E-state index in [0.717, 1.165) is 12.0 Å². The summed E-state index contributed by atoms with van der Waals surface area (Å²) in [6, 6.07) is 13.5. The van der Waals surface area contributed by atoms with Crippen molar-refractivity contribution in [1.29, 1.82) is 0 Å². The molecule has 4 nitrogen and oxygen atoms in total. The first kappa shape index (κ1) is 14.1. The van der Waals surface area contributed by atoms with E-state index in [1.807, 2.05) is 37.3 Å². The van der Waals surface area contributed by atoms with Crippen molar-refractivity contribution >= 4 is 11.6 Å². The molecule has 1 unspecified atom stereocenters. The van der Waals surface area contributed by atoms with Crippen molar-refractivity contribution in [3.8, 4) is 5.88 Å².